The molecule has 1 aliphatic heterocycles. The number of aliphatic hydroxyl groups is 1. The van der Waals surface area contributed by atoms with Crippen LogP contribution in [0.5, 0.6) is 0 Å². The molecule has 0 bridgehead atoms. The Kier molecular flexibility index (Phi) is 5.56. The summed E-state index contributed by atoms with van der Waals surface area (Å²) >= 11 is 0. The number of carbonyl (C=O) groups excluding carboxylic acids is 1. The molecule has 1 amide bonds. The summed E-state index contributed by atoms with van der Waals surface area (Å²) in [5.74, 6) is -0.248. The second-order valence-corrected chi connectivity index (χ2v) is 6.27. The van der Waals surface area contributed by atoms with Crippen molar-refractivity contribution in [2.24, 2.45) is 5.92 Å². The van der Waals surface area contributed by atoms with Crippen molar-refractivity contribution in [3.63, 3.8) is 0 Å². The lowest BCUT2D eigenvalue weighted by atomic mass is 9.87. The molecule has 1 N–H and O–H groups in total. The number of rotatable bonds is 4. The SMILES string of the molecule is O=C(/C=C\c1ccncc1)N1CCC([C@@H](O)c2ccc(F)cc2)CC1. The second-order valence-electron chi connectivity index (χ2n) is 6.27. The van der Waals surface area contributed by atoms with Gasteiger partial charge in [-0.15, -0.1) is 0 Å². The van der Waals surface area contributed by atoms with Crippen LogP contribution in [0.25, 0.3) is 6.08 Å². The largest absolute Gasteiger partial charge is 0.388 e. The molecule has 1 saturated heterocycles. The van der Waals surface area contributed by atoms with E-state index in [4.69, 9.17) is 0 Å². The number of aromatic nitrogens is 1. The van der Waals surface area contributed by atoms with Gasteiger partial charge in [-0.3, -0.25) is 9.78 Å². The van der Waals surface area contributed by atoms with Crippen molar-refractivity contribution in [2.45, 2.75) is 18.9 Å². The van der Waals surface area contributed by atoms with Crippen molar-refractivity contribution in [1.82, 2.24) is 9.88 Å². The highest BCUT2D eigenvalue weighted by Crippen LogP contribution is 2.30. The zero-order valence-electron chi connectivity index (χ0n) is 13.9. The third-order valence-electron chi connectivity index (χ3n) is 4.63. The topological polar surface area (TPSA) is 53.4 Å². The maximum absolute atomic E-state index is 13.0. The summed E-state index contributed by atoms with van der Waals surface area (Å²) in [6.45, 7) is 1.23. The quantitative estimate of drug-likeness (QED) is 0.870. The maximum Gasteiger partial charge on any atom is 0.246 e. The Balaban J connectivity index is 1.53. The van der Waals surface area contributed by atoms with Gasteiger partial charge in [0, 0.05) is 31.6 Å². The van der Waals surface area contributed by atoms with Crippen molar-refractivity contribution in [1.29, 1.82) is 0 Å². The highest BCUT2D eigenvalue weighted by Gasteiger charge is 2.27. The first-order valence-electron chi connectivity index (χ1n) is 8.44. The fourth-order valence-electron chi connectivity index (χ4n) is 3.12. The molecular weight excluding hydrogens is 319 g/mol. The predicted molar refractivity (Wildman–Crippen MR) is 93.9 cm³/mol. The average molecular weight is 340 g/mol. The van der Waals surface area contributed by atoms with Crippen molar-refractivity contribution in [3.05, 3.63) is 71.8 Å². The van der Waals surface area contributed by atoms with Gasteiger partial charge in [0.05, 0.1) is 6.10 Å². The van der Waals surface area contributed by atoms with Crippen molar-refractivity contribution in [2.75, 3.05) is 13.1 Å². The normalized spacial score (nSPS) is 17.0. The number of nitrogens with zero attached hydrogens (tertiary/aromatic N) is 2. The predicted octanol–water partition coefficient (Wildman–Crippen LogP) is 3.21. The van der Waals surface area contributed by atoms with Gasteiger partial charge in [-0.2, -0.15) is 0 Å². The summed E-state index contributed by atoms with van der Waals surface area (Å²) in [6, 6.07) is 9.65. The molecule has 5 heteroatoms. The summed E-state index contributed by atoms with van der Waals surface area (Å²) in [6.07, 6.45) is 7.57. The number of hydrogen-bond acceptors (Lipinski definition) is 3. The summed E-state index contributed by atoms with van der Waals surface area (Å²) < 4.78 is 13.0. The number of benzene rings is 1. The molecule has 4 nitrogen and oxygen atoms in total. The molecule has 130 valence electrons. The molecule has 1 atom stereocenters. The van der Waals surface area contributed by atoms with E-state index >= 15 is 0 Å². The lowest BCUT2D eigenvalue weighted by Crippen LogP contribution is -2.38. The zero-order valence-corrected chi connectivity index (χ0v) is 13.9. The van der Waals surface area contributed by atoms with Crippen molar-refractivity contribution < 1.29 is 14.3 Å². The Labute approximate surface area is 146 Å². The van der Waals surface area contributed by atoms with E-state index in [9.17, 15) is 14.3 Å². The van der Waals surface area contributed by atoms with Gasteiger partial charge in [0.2, 0.25) is 5.91 Å². The Hall–Kier alpha value is -2.53. The first-order valence-corrected chi connectivity index (χ1v) is 8.44. The van der Waals surface area contributed by atoms with Crippen LogP contribution in [-0.4, -0.2) is 34.0 Å². The van der Waals surface area contributed by atoms with Crippen LogP contribution in [-0.2, 0) is 4.79 Å². The first-order chi connectivity index (χ1) is 12.1. The standard InChI is InChI=1S/C20H21FN2O2/c21-18-4-2-16(3-5-18)20(25)17-9-13-23(14-10-17)19(24)6-1-15-7-11-22-12-8-15/h1-8,11-12,17,20,25H,9-10,13-14H2/b6-1-/t20-/m0/s1. The average Bonchev–Trinajstić information content (AvgIpc) is 2.67. The van der Waals surface area contributed by atoms with E-state index in [0.29, 0.717) is 13.1 Å². The Morgan fingerprint density at radius 3 is 2.44 bits per heavy atom. The number of aliphatic hydroxyl groups excluding tert-OH is 1. The highest BCUT2D eigenvalue weighted by atomic mass is 19.1. The molecule has 0 unspecified atom stereocenters. The summed E-state index contributed by atoms with van der Waals surface area (Å²) in [5, 5.41) is 10.5. The second kappa shape index (κ2) is 8.03. The molecule has 25 heavy (non-hydrogen) atoms. The summed E-state index contributed by atoms with van der Waals surface area (Å²) in [5.41, 5.74) is 1.66. The van der Waals surface area contributed by atoms with E-state index in [2.05, 4.69) is 4.98 Å². The van der Waals surface area contributed by atoms with Gasteiger partial charge in [-0.1, -0.05) is 12.1 Å². The van der Waals surface area contributed by atoms with E-state index in [1.807, 2.05) is 12.1 Å². The molecule has 0 aliphatic carbocycles. The fourth-order valence-corrected chi connectivity index (χ4v) is 3.12. The van der Waals surface area contributed by atoms with Gasteiger partial charge < -0.3 is 10.0 Å². The van der Waals surface area contributed by atoms with Crippen LogP contribution in [0.3, 0.4) is 0 Å². The van der Waals surface area contributed by atoms with Gasteiger partial charge in [-0.25, -0.2) is 4.39 Å². The Morgan fingerprint density at radius 2 is 1.80 bits per heavy atom. The van der Waals surface area contributed by atoms with E-state index in [-0.39, 0.29) is 17.6 Å². The minimum atomic E-state index is -0.620. The Bertz CT molecular complexity index is 723. The molecule has 3 rings (SSSR count). The molecule has 2 aromatic rings. The number of pyridine rings is 1. The summed E-state index contributed by atoms with van der Waals surface area (Å²) in [4.78, 5) is 18.0. The van der Waals surface area contributed by atoms with Crippen LogP contribution in [0.1, 0.15) is 30.1 Å². The molecule has 0 saturated carbocycles. The number of hydrogen-bond donors (Lipinski definition) is 1. The van der Waals surface area contributed by atoms with Crippen molar-refractivity contribution in [3.8, 4) is 0 Å². The van der Waals surface area contributed by atoms with Gasteiger partial charge >= 0.3 is 0 Å². The minimum absolute atomic E-state index is 0.0217. The third-order valence-corrected chi connectivity index (χ3v) is 4.63. The van der Waals surface area contributed by atoms with Crippen LogP contribution in [0.15, 0.2) is 54.9 Å². The Morgan fingerprint density at radius 1 is 1.16 bits per heavy atom. The number of amides is 1. The van der Waals surface area contributed by atoms with Crippen LogP contribution in [0.4, 0.5) is 4.39 Å². The van der Waals surface area contributed by atoms with Crippen LogP contribution in [0.2, 0.25) is 0 Å². The van der Waals surface area contributed by atoms with Crippen LogP contribution in [0, 0.1) is 11.7 Å². The lowest BCUT2D eigenvalue weighted by Gasteiger charge is -2.34. The number of carbonyl (C=O) groups is 1. The molecule has 1 aromatic carbocycles. The van der Waals surface area contributed by atoms with Gasteiger partial charge in [0.15, 0.2) is 0 Å². The molecule has 0 spiro atoms. The third kappa shape index (κ3) is 4.51. The van der Waals surface area contributed by atoms with Crippen LogP contribution < -0.4 is 0 Å². The fraction of sp³-hybridized carbons (Fsp3) is 0.300. The monoisotopic (exact) mass is 340 g/mol. The number of piperidine rings is 1. The maximum atomic E-state index is 13.0. The molecular formula is C20H21FN2O2. The molecule has 1 aliphatic rings. The van der Waals surface area contributed by atoms with Gasteiger partial charge in [0.1, 0.15) is 5.82 Å². The molecule has 0 radical (unpaired) electrons. The van der Waals surface area contributed by atoms with E-state index in [1.165, 1.54) is 12.1 Å². The number of halogens is 1. The number of likely N-dealkylation sites (tertiary alicyclic amines) is 1. The van der Waals surface area contributed by atoms with E-state index in [1.54, 1.807) is 41.6 Å². The zero-order chi connectivity index (χ0) is 17.6. The van der Waals surface area contributed by atoms with Crippen LogP contribution >= 0.6 is 0 Å². The molecule has 2 heterocycles. The van der Waals surface area contributed by atoms with Gasteiger partial charge in [-0.05, 0) is 60.2 Å². The highest BCUT2D eigenvalue weighted by molar-refractivity contribution is 5.91. The van der Waals surface area contributed by atoms with Crippen molar-refractivity contribution >= 4 is 12.0 Å². The van der Waals surface area contributed by atoms with Gasteiger partial charge in [0.25, 0.3) is 0 Å². The van der Waals surface area contributed by atoms with E-state index in [0.717, 1.165) is 24.0 Å². The molecule has 1 aromatic heterocycles. The lowest BCUT2D eigenvalue weighted by molar-refractivity contribution is -0.127. The summed E-state index contributed by atoms with van der Waals surface area (Å²) in [7, 11) is 0. The smallest absolute Gasteiger partial charge is 0.246 e. The molecule has 1 fully saturated rings. The van der Waals surface area contributed by atoms with E-state index < -0.39 is 6.10 Å². The minimum Gasteiger partial charge on any atom is -0.388 e. The first kappa shape index (κ1) is 17.3.